The molecule has 16 heavy (non-hydrogen) atoms. The zero-order chi connectivity index (χ0) is 12.1. The summed E-state index contributed by atoms with van der Waals surface area (Å²) in [5.41, 5.74) is -2.26. The van der Waals surface area contributed by atoms with Crippen LogP contribution in [0.5, 0.6) is 6.01 Å². The molecule has 1 aromatic heterocycles. The van der Waals surface area contributed by atoms with Gasteiger partial charge < -0.3 is 4.74 Å². The first-order valence-corrected chi connectivity index (χ1v) is 4.65. The third kappa shape index (κ3) is 1.46. The molecule has 0 bridgehead atoms. The van der Waals surface area contributed by atoms with Crippen molar-refractivity contribution in [3.8, 4) is 6.01 Å². The van der Waals surface area contributed by atoms with Gasteiger partial charge in [0.15, 0.2) is 5.69 Å². The number of rotatable bonds is 0. The quantitative estimate of drug-likeness (QED) is 0.683. The molecule has 0 amide bonds. The molecule has 0 aromatic carbocycles. The highest BCUT2D eigenvalue weighted by Gasteiger charge is 2.38. The monoisotopic (exact) mass is 234 g/mol. The second kappa shape index (κ2) is 3.23. The average molecular weight is 234 g/mol. The van der Waals surface area contributed by atoms with Gasteiger partial charge in [-0.3, -0.25) is 9.36 Å². The summed E-state index contributed by atoms with van der Waals surface area (Å²) in [6.07, 6.45) is -4.63. The molecule has 2 rings (SSSR count). The molecule has 1 unspecified atom stereocenters. The minimum atomic E-state index is -4.63. The summed E-state index contributed by atoms with van der Waals surface area (Å²) < 4.78 is 43.7. The first-order chi connectivity index (χ1) is 7.32. The van der Waals surface area contributed by atoms with Crippen LogP contribution in [0.4, 0.5) is 13.2 Å². The lowest BCUT2D eigenvalue weighted by atomic mass is 10.2. The maximum Gasteiger partial charge on any atom is 0.434 e. The van der Waals surface area contributed by atoms with Gasteiger partial charge >= 0.3 is 6.18 Å². The van der Waals surface area contributed by atoms with E-state index in [0.29, 0.717) is 0 Å². The predicted octanol–water partition coefficient (Wildman–Crippen LogP) is 1.52. The van der Waals surface area contributed by atoms with E-state index in [-0.39, 0.29) is 18.7 Å². The molecule has 2 heterocycles. The van der Waals surface area contributed by atoms with E-state index in [0.717, 1.165) is 11.5 Å². The zero-order valence-electron chi connectivity index (χ0n) is 8.63. The van der Waals surface area contributed by atoms with Crippen molar-refractivity contribution in [1.29, 1.82) is 0 Å². The first-order valence-electron chi connectivity index (χ1n) is 4.65. The maximum atomic E-state index is 12.5. The molecule has 1 aliphatic heterocycles. The first kappa shape index (κ1) is 11.0. The molecule has 0 spiro atoms. The molecule has 0 fully saturated rings. The standard InChI is InChI=1S/C9H9F3N2O2/c1-4-3-16-8-13-6(9(10,11)12)5(2)7(15)14(4)8/h4H,3H2,1-2H3. The molecule has 1 aromatic rings. The average Bonchev–Trinajstić information content (AvgIpc) is 2.52. The summed E-state index contributed by atoms with van der Waals surface area (Å²) >= 11 is 0. The van der Waals surface area contributed by atoms with Crippen LogP contribution in [0.3, 0.4) is 0 Å². The smallest absolute Gasteiger partial charge is 0.434 e. The van der Waals surface area contributed by atoms with Crippen LogP contribution in [-0.4, -0.2) is 16.2 Å². The molecule has 0 N–H and O–H groups in total. The van der Waals surface area contributed by atoms with E-state index in [2.05, 4.69) is 4.98 Å². The molecule has 0 radical (unpaired) electrons. The van der Waals surface area contributed by atoms with Crippen molar-refractivity contribution in [2.24, 2.45) is 0 Å². The number of fused-ring (bicyclic) bond motifs is 1. The summed E-state index contributed by atoms with van der Waals surface area (Å²) in [6.45, 7) is 2.98. The molecule has 1 atom stereocenters. The summed E-state index contributed by atoms with van der Waals surface area (Å²) in [6, 6.07) is -0.536. The minimum absolute atomic E-state index is 0.170. The molecule has 7 heteroatoms. The van der Waals surface area contributed by atoms with Gasteiger partial charge in [0, 0.05) is 5.56 Å². The van der Waals surface area contributed by atoms with Crippen molar-refractivity contribution in [1.82, 2.24) is 9.55 Å². The lowest BCUT2D eigenvalue weighted by molar-refractivity contribution is -0.142. The topological polar surface area (TPSA) is 44.1 Å². The number of nitrogens with zero attached hydrogens (tertiary/aromatic N) is 2. The maximum absolute atomic E-state index is 12.5. The summed E-state index contributed by atoms with van der Waals surface area (Å²) in [5.74, 6) is 0. The van der Waals surface area contributed by atoms with Gasteiger partial charge in [0.05, 0.1) is 6.04 Å². The van der Waals surface area contributed by atoms with Gasteiger partial charge in [0.1, 0.15) is 6.61 Å². The Hall–Kier alpha value is -1.53. The van der Waals surface area contributed by atoms with Crippen molar-refractivity contribution in [2.45, 2.75) is 26.1 Å². The van der Waals surface area contributed by atoms with Crippen LogP contribution < -0.4 is 10.3 Å². The molecule has 4 nitrogen and oxygen atoms in total. The van der Waals surface area contributed by atoms with Crippen LogP contribution in [0.1, 0.15) is 24.2 Å². The summed E-state index contributed by atoms with van der Waals surface area (Å²) in [5, 5.41) is 0. The lowest BCUT2D eigenvalue weighted by Gasteiger charge is -2.11. The number of hydrogen-bond acceptors (Lipinski definition) is 3. The fraction of sp³-hybridized carbons (Fsp3) is 0.556. The van der Waals surface area contributed by atoms with Gasteiger partial charge in [-0.2, -0.15) is 18.2 Å². The Bertz CT molecular complexity index is 493. The Balaban J connectivity index is 2.71. The molecule has 1 aliphatic rings. The van der Waals surface area contributed by atoms with Gasteiger partial charge in [0.25, 0.3) is 11.6 Å². The van der Waals surface area contributed by atoms with E-state index in [1.807, 2.05) is 0 Å². The Kier molecular flexibility index (Phi) is 2.21. The van der Waals surface area contributed by atoms with Gasteiger partial charge in [0.2, 0.25) is 0 Å². The van der Waals surface area contributed by atoms with Crippen molar-refractivity contribution in [3.63, 3.8) is 0 Å². The minimum Gasteiger partial charge on any atom is -0.462 e. The largest absolute Gasteiger partial charge is 0.462 e. The van der Waals surface area contributed by atoms with Crippen LogP contribution >= 0.6 is 0 Å². The summed E-state index contributed by atoms with van der Waals surface area (Å²) in [7, 11) is 0. The highest BCUT2D eigenvalue weighted by atomic mass is 19.4. The Morgan fingerprint density at radius 1 is 1.50 bits per heavy atom. The Labute approximate surface area is 88.7 Å². The highest BCUT2D eigenvalue weighted by molar-refractivity contribution is 5.23. The van der Waals surface area contributed by atoms with Crippen LogP contribution in [0, 0.1) is 6.92 Å². The van der Waals surface area contributed by atoms with E-state index in [1.165, 1.54) is 0 Å². The lowest BCUT2D eigenvalue weighted by Crippen LogP contribution is -2.27. The van der Waals surface area contributed by atoms with E-state index in [9.17, 15) is 18.0 Å². The van der Waals surface area contributed by atoms with E-state index in [4.69, 9.17) is 4.74 Å². The summed E-state index contributed by atoms with van der Waals surface area (Å²) in [4.78, 5) is 15.0. The molecule has 88 valence electrons. The number of ether oxygens (including phenoxy) is 1. The van der Waals surface area contributed by atoms with Crippen molar-refractivity contribution in [2.75, 3.05) is 6.61 Å². The number of alkyl halides is 3. The predicted molar refractivity (Wildman–Crippen MR) is 48.4 cm³/mol. The molecule has 0 aliphatic carbocycles. The number of halogens is 3. The number of hydrogen-bond donors (Lipinski definition) is 0. The fourth-order valence-corrected chi connectivity index (χ4v) is 1.64. The van der Waals surface area contributed by atoms with Crippen LogP contribution in [0.15, 0.2) is 4.79 Å². The molecular weight excluding hydrogens is 225 g/mol. The van der Waals surface area contributed by atoms with E-state index in [1.54, 1.807) is 6.92 Å². The second-order valence-corrected chi connectivity index (χ2v) is 3.70. The second-order valence-electron chi connectivity index (χ2n) is 3.70. The van der Waals surface area contributed by atoms with E-state index < -0.39 is 23.0 Å². The van der Waals surface area contributed by atoms with Crippen molar-refractivity contribution >= 4 is 0 Å². The fourth-order valence-electron chi connectivity index (χ4n) is 1.64. The Morgan fingerprint density at radius 3 is 2.69 bits per heavy atom. The zero-order valence-corrected chi connectivity index (χ0v) is 8.63. The van der Waals surface area contributed by atoms with Gasteiger partial charge in [-0.15, -0.1) is 0 Å². The van der Waals surface area contributed by atoms with Gasteiger partial charge in [-0.1, -0.05) is 0 Å². The normalized spacial score (nSPS) is 19.4. The van der Waals surface area contributed by atoms with E-state index >= 15 is 0 Å². The molecule has 0 saturated carbocycles. The highest BCUT2D eigenvalue weighted by Crippen LogP contribution is 2.32. The van der Waals surface area contributed by atoms with Gasteiger partial charge in [-0.25, -0.2) is 0 Å². The third-order valence-corrected chi connectivity index (χ3v) is 2.47. The number of aromatic nitrogens is 2. The third-order valence-electron chi connectivity index (χ3n) is 2.47. The molecule has 0 saturated heterocycles. The van der Waals surface area contributed by atoms with Crippen molar-refractivity contribution in [3.05, 3.63) is 21.6 Å². The Morgan fingerprint density at radius 2 is 2.12 bits per heavy atom. The molecular formula is C9H9F3N2O2. The van der Waals surface area contributed by atoms with Crippen LogP contribution in [-0.2, 0) is 6.18 Å². The van der Waals surface area contributed by atoms with Crippen molar-refractivity contribution < 1.29 is 17.9 Å². The SMILES string of the molecule is Cc1c(C(F)(F)F)nc2n(c1=O)C(C)CO2. The van der Waals surface area contributed by atoms with Crippen LogP contribution in [0.25, 0.3) is 0 Å². The van der Waals surface area contributed by atoms with Crippen LogP contribution in [0.2, 0.25) is 0 Å². The van der Waals surface area contributed by atoms with Gasteiger partial charge in [-0.05, 0) is 13.8 Å².